The molecule has 9 heavy (non-hydrogen) atoms. The Morgan fingerprint density at radius 2 is 2.22 bits per heavy atom. The summed E-state index contributed by atoms with van der Waals surface area (Å²) >= 11 is 1.63. The van der Waals surface area contributed by atoms with Crippen molar-refractivity contribution in [3.8, 4) is 0 Å². The molecular formula is C6H7F2I. The number of allylic oxidation sites excluding steroid dienone is 4. The highest BCUT2D eigenvalue weighted by Crippen LogP contribution is 2.15. The Morgan fingerprint density at radius 3 is 2.56 bits per heavy atom. The van der Waals surface area contributed by atoms with E-state index < -0.39 is 12.5 Å². The van der Waals surface area contributed by atoms with Gasteiger partial charge in [-0.25, -0.2) is 8.78 Å². The average molecular weight is 244 g/mol. The molecular weight excluding hydrogens is 237 g/mol. The second kappa shape index (κ2) is 4.90. The van der Waals surface area contributed by atoms with Gasteiger partial charge in [0.25, 0.3) is 0 Å². The van der Waals surface area contributed by atoms with Crippen LogP contribution in [0.3, 0.4) is 0 Å². The van der Waals surface area contributed by atoms with E-state index in [2.05, 4.69) is 0 Å². The maximum atomic E-state index is 12.3. The summed E-state index contributed by atoms with van der Waals surface area (Å²) in [7, 11) is 0. The SMILES string of the molecule is C/C=C\C(F)=C(\I)CF. The van der Waals surface area contributed by atoms with E-state index >= 15 is 0 Å². The molecule has 0 unspecified atom stereocenters. The van der Waals surface area contributed by atoms with Crippen molar-refractivity contribution in [1.82, 2.24) is 0 Å². The molecule has 0 aromatic heterocycles. The highest BCUT2D eigenvalue weighted by molar-refractivity contribution is 14.1. The molecule has 0 amide bonds. The van der Waals surface area contributed by atoms with Crippen LogP contribution in [0.4, 0.5) is 8.78 Å². The summed E-state index contributed by atoms with van der Waals surface area (Å²) in [5, 5.41) is 0. The van der Waals surface area contributed by atoms with Gasteiger partial charge < -0.3 is 0 Å². The van der Waals surface area contributed by atoms with Crippen molar-refractivity contribution in [3.63, 3.8) is 0 Å². The predicted molar refractivity (Wildman–Crippen MR) is 42.9 cm³/mol. The van der Waals surface area contributed by atoms with Crippen molar-refractivity contribution in [2.24, 2.45) is 0 Å². The standard InChI is InChI=1S/C6H7F2I/c1-2-3-5(8)6(9)4-7/h2-3H,4H2,1H3/b3-2-,6-5-. The second-order valence-corrected chi connectivity index (χ2v) is 2.69. The summed E-state index contributed by atoms with van der Waals surface area (Å²) in [6.45, 7) is 0.957. The molecule has 0 radical (unpaired) electrons. The molecule has 0 fully saturated rings. The lowest BCUT2D eigenvalue weighted by atomic mass is 10.4. The first-order valence-corrected chi connectivity index (χ1v) is 3.53. The Hall–Kier alpha value is 0.0700. The van der Waals surface area contributed by atoms with Gasteiger partial charge in [-0.3, -0.25) is 0 Å². The van der Waals surface area contributed by atoms with Gasteiger partial charge in [0, 0.05) is 0 Å². The van der Waals surface area contributed by atoms with Gasteiger partial charge in [0.05, 0.1) is 3.58 Å². The quantitative estimate of drug-likeness (QED) is 0.517. The zero-order valence-corrected chi connectivity index (χ0v) is 7.15. The molecule has 0 N–H and O–H groups in total. The number of rotatable bonds is 2. The molecule has 0 aliphatic rings. The van der Waals surface area contributed by atoms with Crippen molar-refractivity contribution in [2.45, 2.75) is 6.92 Å². The number of hydrogen-bond acceptors (Lipinski definition) is 0. The zero-order valence-electron chi connectivity index (χ0n) is 5.00. The van der Waals surface area contributed by atoms with E-state index in [1.54, 1.807) is 29.5 Å². The first kappa shape index (κ1) is 9.07. The average Bonchev–Trinajstić information content (AvgIpc) is 1.87. The highest BCUT2D eigenvalue weighted by atomic mass is 127. The normalized spacial score (nSPS) is 14.2. The molecule has 0 heterocycles. The van der Waals surface area contributed by atoms with Gasteiger partial charge in [0.2, 0.25) is 0 Å². The Kier molecular flexibility index (Phi) is 4.94. The molecule has 0 aromatic rings. The molecule has 0 saturated carbocycles. The van der Waals surface area contributed by atoms with E-state index in [4.69, 9.17) is 0 Å². The van der Waals surface area contributed by atoms with Crippen LogP contribution >= 0.6 is 22.6 Å². The largest absolute Gasteiger partial charge is 0.245 e. The van der Waals surface area contributed by atoms with Crippen LogP contribution in [0, 0.1) is 0 Å². The molecule has 0 saturated heterocycles. The maximum Gasteiger partial charge on any atom is 0.134 e. The summed E-state index contributed by atoms with van der Waals surface area (Å²) < 4.78 is 24.1. The molecule has 0 aliphatic carbocycles. The van der Waals surface area contributed by atoms with Crippen LogP contribution in [-0.2, 0) is 0 Å². The van der Waals surface area contributed by atoms with Crippen molar-refractivity contribution in [2.75, 3.05) is 6.67 Å². The van der Waals surface area contributed by atoms with Crippen LogP contribution in [-0.4, -0.2) is 6.67 Å². The summed E-state index contributed by atoms with van der Waals surface area (Å²) in [5.74, 6) is -0.486. The summed E-state index contributed by atoms with van der Waals surface area (Å²) in [6, 6.07) is 0. The number of hydrogen-bond donors (Lipinski definition) is 0. The van der Waals surface area contributed by atoms with Gasteiger partial charge in [-0.15, -0.1) is 0 Å². The van der Waals surface area contributed by atoms with Gasteiger partial charge in [-0.1, -0.05) is 6.08 Å². The molecule has 0 aliphatic heterocycles. The lowest BCUT2D eigenvalue weighted by Gasteiger charge is -1.88. The number of alkyl halides is 1. The molecule has 52 valence electrons. The Labute approximate surface area is 66.8 Å². The lowest BCUT2D eigenvalue weighted by Crippen LogP contribution is -1.76. The zero-order chi connectivity index (χ0) is 7.28. The maximum absolute atomic E-state index is 12.3. The van der Waals surface area contributed by atoms with Crippen molar-refractivity contribution in [1.29, 1.82) is 0 Å². The van der Waals surface area contributed by atoms with Crippen LogP contribution in [0.2, 0.25) is 0 Å². The van der Waals surface area contributed by atoms with Gasteiger partial charge in [-0.2, -0.15) is 0 Å². The van der Waals surface area contributed by atoms with E-state index in [-0.39, 0.29) is 3.58 Å². The second-order valence-electron chi connectivity index (χ2n) is 1.39. The topological polar surface area (TPSA) is 0 Å². The minimum atomic E-state index is -0.725. The van der Waals surface area contributed by atoms with E-state index in [0.29, 0.717) is 0 Å². The highest BCUT2D eigenvalue weighted by Gasteiger charge is 1.96. The van der Waals surface area contributed by atoms with Crippen molar-refractivity contribution in [3.05, 3.63) is 21.6 Å². The molecule has 0 nitrogen and oxygen atoms in total. The molecule has 0 spiro atoms. The van der Waals surface area contributed by atoms with Crippen molar-refractivity contribution >= 4 is 22.6 Å². The number of halogens is 3. The van der Waals surface area contributed by atoms with Gasteiger partial charge in [-0.05, 0) is 35.6 Å². The van der Waals surface area contributed by atoms with E-state index in [9.17, 15) is 8.78 Å². The van der Waals surface area contributed by atoms with Crippen LogP contribution in [0.25, 0.3) is 0 Å². The van der Waals surface area contributed by atoms with E-state index in [0.717, 1.165) is 0 Å². The fourth-order valence-corrected chi connectivity index (χ4v) is 0.480. The summed E-state index contributed by atoms with van der Waals surface area (Å²) in [4.78, 5) is 0. The third-order valence-electron chi connectivity index (χ3n) is 0.689. The molecule has 0 aromatic carbocycles. The minimum absolute atomic E-state index is 0.116. The van der Waals surface area contributed by atoms with Crippen molar-refractivity contribution < 1.29 is 8.78 Å². The first-order valence-electron chi connectivity index (χ1n) is 2.45. The summed E-state index contributed by atoms with van der Waals surface area (Å²) in [6.07, 6.45) is 2.77. The molecule has 3 heteroatoms. The molecule has 0 atom stereocenters. The minimum Gasteiger partial charge on any atom is -0.245 e. The van der Waals surface area contributed by atoms with E-state index in [1.807, 2.05) is 0 Å². The molecule has 0 bridgehead atoms. The van der Waals surface area contributed by atoms with Gasteiger partial charge in [0.1, 0.15) is 12.5 Å². The van der Waals surface area contributed by atoms with Gasteiger partial charge >= 0.3 is 0 Å². The Balaban J connectivity index is 4.10. The smallest absolute Gasteiger partial charge is 0.134 e. The van der Waals surface area contributed by atoms with Gasteiger partial charge in [0.15, 0.2) is 0 Å². The fraction of sp³-hybridized carbons (Fsp3) is 0.333. The summed E-state index contributed by atoms with van der Waals surface area (Å²) in [5.41, 5.74) is 0. The van der Waals surface area contributed by atoms with E-state index in [1.165, 1.54) is 12.2 Å². The first-order chi connectivity index (χ1) is 4.22. The third kappa shape index (κ3) is 3.61. The monoisotopic (exact) mass is 244 g/mol. The van der Waals surface area contributed by atoms with Crippen LogP contribution in [0.5, 0.6) is 0 Å². The Bertz CT molecular complexity index is 138. The lowest BCUT2D eigenvalue weighted by molar-refractivity contribution is 0.545. The fourth-order valence-electron chi connectivity index (χ4n) is 0.301. The van der Waals surface area contributed by atoms with Crippen LogP contribution in [0.1, 0.15) is 6.92 Å². The third-order valence-corrected chi connectivity index (χ3v) is 1.49. The van der Waals surface area contributed by atoms with Crippen LogP contribution in [0.15, 0.2) is 21.6 Å². The molecule has 0 rings (SSSR count). The van der Waals surface area contributed by atoms with Crippen LogP contribution < -0.4 is 0 Å². The Morgan fingerprint density at radius 1 is 1.67 bits per heavy atom. The predicted octanol–water partition coefficient (Wildman–Crippen LogP) is 3.15.